The maximum absolute atomic E-state index is 6.69. The molecular weight excluding hydrogens is 667 g/mol. The van der Waals surface area contributed by atoms with Crippen LogP contribution in [0.4, 0.5) is 0 Å². The van der Waals surface area contributed by atoms with Crippen LogP contribution in [0.15, 0.2) is 168 Å². The summed E-state index contributed by atoms with van der Waals surface area (Å²) >= 11 is 1.84. The third-order valence-corrected chi connectivity index (χ3v) is 12.0. The van der Waals surface area contributed by atoms with Crippen LogP contribution in [-0.4, -0.2) is 14.5 Å². The molecule has 12 aromatic rings. The fourth-order valence-corrected chi connectivity index (χ4v) is 9.65. The van der Waals surface area contributed by atoms with Gasteiger partial charge in [0, 0.05) is 41.9 Å². The molecule has 53 heavy (non-hydrogen) atoms. The molecule has 0 spiro atoms. The van der Waals surface area contributed by atoms with Crippen LogP contribution in [0.1, 0.15) is 0 Å². The molecule has 0 bridgehead atoms. The standard InChI is InChI=1S/C48H27N3OS/c1-2-13-30(14-3-1)46-45-36-27-31(34-18-10-20-41-42(34)35-17-8-9-19-40(35)53-41)23-26-39(36)52-47(45)50-48(49-46)51-37-24-21-28-11-4-6-15-32(28)43(37)44-33-16-7-5-12-29(33)22-25-38(44)51/h1-27H. The molecule has 8 aromatic carbocycles. The number of hydrogen-bond donors (Lipinski definition) is 0. The molecule has 0 radical (unpaired) electrons. The second-order valence-electron chi connectivity index (χ2n) is 13.7. The Bertz CT molecular complexity index is 3370. The van der Waals surface area contributed by atoms with E-state index in [4.69, 9.17) is 14.4 Å². The second kappa shape index (κ2) is 10.8. The molecule has 4 heterocycles. The highest BCUT2D eigenvalue weighted by atomic mass is 32.1. The van der Waals surface area contributed by atoms with Crippen LogP contribution in [0.3, 0.4) is 0 Å². The molecule has 4 nitrogen and oxygen atoms in total. The lowest BCUT2D eigenvalue weighted by molar-refractivity contribution is 0.651. The lowest BCUT2D eigenvalue weighted by Crippen LogP contribution is -2.02. The summed E-state index contributed by atoms with van der Waals surface area (Å²) in [6.07, 6.45) is 0. The molecule has 5 heteroatoms. The zero-order valence-corrected chi connectivity index (χ0v) is 29.1. The van der Waals surface area contributed by atoms with Crippen molar-refractivity contribution in [3.8, 4) is 28.3 Å². The van der Waals surface area contributed by atoms with Crippen molar-refractivity contribution in [2.45, 2.75) is 0 Å². The van der Waals surface area contributed by atoms with E-state index in [9.17, 15) is 0 Å². The van der Waals surface area contributed by atoms with Gasteiger partial charge in [0.1, 0.15) is 5.58 Å². The molecule has 0 aliphatic heterocycles. The highest BCUT2D eigenvalue weighted by Crippen LogP contribution is 2.44. The molecule has 246 valence electrons. The second-order valence-corrected chi connectivity index (χ2v) is 14.8. The molecule has 0 atom stereocenters. The Morgan fingerprint density at radius 2 is 1.11 bits per heavy atom. The third-order valence-electron chi connectivity index (χ3n) is 10.8. The number of thiophene rings is 1. The minimum absolute atomic E-state index is 0.566. The van der Waals surface area contributed by atoms with Gasteiger partial charge in [0.25, 0.3) is 0 Å². The van der Waals surface area contributed by atoms with E-state index in [0.29, 0.717) is 11.7 Å². The minimum atomic E-state index is 0.566. The molecular formula is C48H27N3OS. The number of aromatic nitrogens is 3. The summed E-state index contributed by atoms with van der Waals surface area (Å²) in [4.78, 5) is 10.7. The average Bonchev–Trinajstić information content (AvgIpc) is 3.90. The van der Waals surface area contributed by atoms with Crippen molar-refractivity contribution in [1.82, 2.24) is 14.5 Å². The first kappa shape index (κ1) is 28.8. The van der Waals surface area contributed by atoms with Gasteiger partial charge in [-0.1, -0.05) is 127 Å². The summed E-state index contributed by atoms with van der Waals surface area (Å²) in [7, 11) is 0. The predicted molar refractivity (Wildman–Crippen MR) is 222 cm³/mol. The Kier molecular flexibility index (Phi) is 5.90. The maximum Gasteiger partial charge on any atom is 0.238 e. The van der Waals surface area contributed by atoms with Gasteiger partial charge in [-0.25, -0.2) is 4.98 Å². The predicted octanol–water partition coefficient (Wildman–Crippen LogP) is 13.5. The van der Waals surface area contributed by atoms with Crippen molar-refractivity contribution in [3.05, 3.63) is 164 Å². The summed E-state index contributed by atoms with van der Waals surface area (Å²) in [5.41, 5.74) is 7.67. The van der Waals surface area contributed by atoms with Crippen molar-refractivity contribution in [3.63, 3.8) is 0 Å². The third kappa shape index (κ3) is 4.11. The molecule has 0 saturated heterocycles. The largest absolute Gasteiger partial charge is 0.437 e. The first-order valence-electron chi connectivity index (χ1n) is 17.8. The van der Waals surface area contributed by atoms with E-state index in [1.54, 1.807) is 0 Å². The van der Waals surface area contributed by atoms with Crippen molar-refractivity contribution < 1.29 is 4.42 Å². The number of benzene rings is 8. The molecule has 0 fully saturated rings. The summed E-state index contributed by atoms with van der Waals surface area (Å²) in [5, 5.41) is 11.7. The van der Waals surface area contributed by atoms with Crippen LogP contribution in [0, 0.1) is 0 Å². The van der Waals surface area contributed by atoms with E-state index in [1.165, 1.54) is 58.1 Å². The highest BCUT2D eigenvalue weighted by molar-refractivity contribution is 7.25. The Labute approximate surface area is 306 Å². The van der Waals surface area contributed by atoms with Crippen LogP contribution in [0.5, 0.6) is 0 Å². The number of furan rings is 1. The SMILES string of the molecule is c1ccc(-c2nc(-n3c4ccc5ccccc5c4c4c5ccccc5ccc43)nc3oc4ccc(-c5cccc6sc7ccccc7c56)cc4c23)cc1. The first-order valence-corrected chi connectivity index (χ1v) is 18.6. The lowest BCUT2D eigenvalue weighted by atomic mass is 9.97. The van der Waals surface area contributed by atoms with Crippen LogP contribution < -0.4 is 0 Å². The van der Waals surface area contributed by atoms with Gasteiger partial charge in [-0.2, -0.15) is 4.98 Å². The number of rotatable bonds is 3. The smallest absolute Gasteiger partial charge is 0.238 e. The molecule has 0 saturated carbocycles. The fourth-order valence-electron chi connectivity index (χ4n) is 8.52. The minimum Gasteiger partial charge on any atom is -0.437 e. The molecule has 0 N–H and O–H groups in total. The van der Waals surface area contributed by atoms with E-state index in [2.05, 4.69) is 162 Å². The average molecular weight is 694 g/mol. The van der Waals surface area contributed by atoms with Gasteiger partial charge in [-0.3, -0.25) is 4.57 Å². The van der Waals surface area contributed by atoms with E-state index in [-0.39, 0.29) is 0 Å². The summed E-state index contributed by atoms with van der Waals surface area (Å²) in [6, 6.07) is 58.3. The van der Waals surface area contributed by atoms with Crippen LogP contribution in [0.25, 0.3) is 114 Å². The Morgan fingerprint density at radius 1 is 0.453 bits per heavy atom. The van der Waals surface area contributed by atoms with Crippen molar-refractivity contribution in [2.24, 2.45) is 0 Å². The lowest BCUT2D eigenvalue weighted by Gasteiger charge is -2.10. The molecule has 4 aromatic heterocycles. The summed E-state index contributed by atoms with van der Waals surface area (Å²) < 4.78 is 11.5. The Balaban J connectivity index is 1.17. The summed E-state index contributed by atoms with van der Waals surface area (Å²) in [5.74, 6) is 0.579. The van der Waals surface area contributed by atoms with Crippen LogP contribution >= 0.6 is 11.3 Å². The highest BCUT2D eigenvalue weighted by Gasteiger charge is 2.23. The van der Waals surface area contributed by atoms with E-state index < -0.39 is 0 Å². The number of hydrogen-bond acceptors (Lipinski definition) is 4. The molecule has 0 aliphatic rings. The topological polar surface area (TPSA) is 43.9 Å². The molecule has 0 unspecified atom stereocenters. The first-order chi connectivity index (χ1) is 26.3. The molecule has 0 amide bonds. The van der Waals surface area contributed by atoms with E-state index in [1.807, 2.05) is 17.4 Å². The zero-order valence-electron chi connectivity index (χ0n) is 28.2. The Hall–Kier alpha value is -6.82. The maximum atomic E-state index is 6.69. The number of fused-ring (bicyclic) bond motifs is 13. The molecule has 0 aliphatic carbocycles. The van der Waals surface area contributed by atoms with Gasteiger partial charge in [0.05, 0.1) is 22.1 Å². The normalized spacial score (nSPS) is 12.2. The number of nitrogens with zero attached hydrogens (tertiary/aromatic N) is 3. The van der Waals surface area contributed by atoms with Crippen molar-refractivity contribution >= 4 is 96.9 Å². The quantitative estimate of drug-likeness (QED) is 0.185. The van der Waals surface area contributed by atoms with Gasteiger partial charge in [-0.05, 0) is 69.1 Å². The monoisotopic (exact) mass is 693 g/mol. The van der Waals surface area contributed by atoms with Gasteiger partial charge >= 0.3 is 0 Å². The van der Waals surface area contributed by atoms with Gasteiger partial charge < -0.3 is 4.42 Å². The van der Waals surface area contributed by atoms with Crippen LogP contribution in [-0.2, 0) is 0 Å². The van der Waals surface area contributed by atoms with Gasteiger partial charge in [0.2, 0.25) is 11.7 Å². The fraction of sp³-hybridized carbons (Fsp3) is 0. The molecule has 12 rings (SSSR count). The van der Waals surface area contributed by atoms with E-state index >= 15 is 0 Å². The van der Waals surface area contributed by atoms with Crippen LogP contribution in [0.2, 0.25) is 0 Å². The van der Waals surface area contributed by atoms with Crippen molar-refractivity contribution in [2.75, 3.05) is 0 Å². The van der Waals surface area contributed by atoms with E-state index in [0.717, 1.165) is 44.2 Å². The zero-order chi connectivity index (χ0) is 34.6. The van der Waals surface area contributed by atoms with Gasteiger partial charge in [0.15, 0.2) is 0 Å². The Morgan fingerprint density at radius 3 is 1.87 bits per heavy atom. The van der Waals surface area contributed by atoms with Gasteiger partial charge in [-0.15, -0.1) is 11.3 Å². The summed E-state index contributed by atoms with van der Waals surface area (Å²) in [6.45, 7) is 0. The van der Waals surface area contributed by atoms with Crippen molar-refractivity contribution in [1.29, 1.82) is 0 Å².